The van der Waals surface area contributed by atoms with Crippen LogP contribution in [0.15, 0.2) is 18.3 Å². The molecule has 0 aromatic carbocycles. The van der Waals surface area contributed by atoms with Crippen LogP contribution >= 0.6 is 0 Å². The van der Waals surface area contributed by atoms with E-state index in [0.29, 0.717) is 12.3 Å². The lowest BCUT2D eigenvalue weighted by Crippen LogP contribution is -2.18. The second-order valence-corrected chi connectivity index (χ2v) is 3.43. The van der Waals surface area contributed by atoms with Crippen molar-refractivity contribution >= 4 is 5.78 Å². The van der Waals surface area contributed by atoms with Gasteiger partial charge >= 0.3 is 0 Å². The molecule has 1 aromatic rings. The molecule has 0 saturated heterocycles. The highest BCUT2D eigenvalue weighted by atomic mass is 16.1. The van der Waals surface area contributed by atoms with Crippen LogP contribution in [0.5, 0.6) is 0 Å². The SMILES string of the molecule is C[C@@H]1CC(=O)c2cccnc2C1. The van der Waals surface area contributed by atoms with Gasteiger partial charge in [0.05, 0.1) is 5.69 Å². The number of pyridine rings is 1. The van der Waals surface area contributed by atoms with Crippen LogP contribution in [-0.2, 0) is 6.42 Å². The zero-order valence-corrected chi connectivity index (χ0v) is 7.08. The third-order valence-electron chi connectivity index (χ3n) is 2.27. The van der Waals surface area contributed by atoms with Gasteiger partial charge in [-0.1, -0.05) is 6.92 Å². The van der Waals surface area contributed by atoms with Crippen LogP contribution in [0.1, 0.15) is 29.4 Å². The molecule has 1 atom stereocenters. The molecule has 0 bridgehead atoms. The average molecular weight is 161 g/mol. The van der Waals surface area contributed by atoms with Crippen molar-refractivity contribution in [1.29, 1.82) is 0 Å². The van der Waals surface area contributed by atoms with E-state index >= 15 is 0 Å². The molecule has 2 heteroatoms. The van der Waals surface area contributed by atoms with E-state index in [9.17, 15) is 4.79 Å². The van der Waals surface area contributed by atoms with Gasteiger partial charge < -0.3 is 0 Å². The lowest BCUT2D eigenvalue weighted by molar-refractivity contribution is 0.0952. The van der Waals surface area contributed by atoms with Crippen molar-refractivity contribution in [3.8, 4) is 0 Å². The Kier molecular flexibility index (Phi) is 1.68. The van der Waals surface area contributed by atoms with E-state index in [1.165, 1.54) is 0 Å². The fourth-order valence-corrected chi connectivity index (χ4v) is 1.68. The van der Waals surface area contributed by atoms with Gasteiger partial charge in [0.2, 0.25) is 0 Å². The Labute approximate surface area is 71.6 Å². The van der Waals surface area contributed by atoms with Crippen LogP contribution < -0.4 is 0 Å². The quantitative estimate of drug-likeness (QED) is 0.581. The van der Waals surface area contributed by atoms with Crippen molar-refractivity contribution in [3.05, 3.63) is 29.6 Å². The Balaban J connectivity index is 2.47. The van der Waals surface area contributed by atoms with Gasteiger partial charge in [0.15, 0.2) is 5.78 Å². The van der Waals surface area contributed by atoms with Crippen molar-refractivity contribution in [2.45, 2.75) is 19.8 Å². The van der Waals surface area contributed by atoms with E-state index in [4.69, 9.17) is 0 Å². The summed E-state index contributed by atoms with van der Waals surface area (Å²) < 4.78 is 0. The van der Waals surface area contributed by atoms with Gasteiger partial charge in [-0.25, -0.2) is 0 Å². The van der Waals surface area contributed by atoms with E-state index < -0.39 is 0 Å². The predicted molar refractivity (Wildman–Crippen MR) is 46.1 cm³/mol. The molecule has 0 radical (unpaired) electrons. The van der Waals surface area contributed by atoms with Crippen LogP contribution in [0.4, 0.5) is 0 Å². The Hall–Kier alpha value is -1.18. The van der Waals surface area contributed by atoms with Crippen molar-refractivity contribution in [3.63, 3.8) is 0 Å². The van der Waals surface area contributed by atoms with Crippen LogP contribution in [-0.4, -0.2) is 10.8 Å². The molecule has 0 N–H and O–H groups in total. The number of hydrogen-bond donors (Lipinski definition) is 0. The van der Waals surface area contributed by atoms with Crippen molar-refractivity contribution < 1.29 is 4.79 Å². The van der Waals surface area contributed by atoms with E-state index in [0.717, 1.165) is 17.7 Å². The minimum absolute atomic E-state index is 0.247. The summed E-state index contributed by atoms with van der Waals surface area (Å²) >= 11 is 0. The first-order valence-corrected chi connectivity index (χ1v) is 4.24. The average Bonchev–Trinajstić information content (AvgIpc) is 2.04. The van der Waals surface area contributed by atoms with E-state index in [1.807, 2.05) is 12.1 Å². The Morgan fingerprint density at radius 1 is 1.50 bits per heavy atom. The van der Waals surface area contributed by atoms with Crippen LogP contribution in [0.3, 0.4) is 0 Å². The molecule has 0 fully saturated rings. The standard InChI is InChI=1S/C10H11NO/c1-7-5-9-8(10(12)6-7)3-2-4-11-9/h2-4,7H,5-6H2,1H3/t7-/m0/s1. The number of carbonyl (C=O) groups is 1. The van der Waals surface area contributed by atoms with Gasteiger partial charge in [0.25, 0.3) is 0 Å². The molecule has 2 nitrogen and oxygen atoms in total. The lowest BCUT2D eigenvalue weighted by Gasteiger charge is -2.18. The number of aromatic nitrogens is 1. The molecule has 1 aliphatic rings. The zero-order chi connectivity index (χ0) is 8.55. The number of carbonyl (C=O) groups excluding carboxylic acids is 1. The summed E-state index contributed by atoms with van der Waals surface area (Å²) in [5.41, 5.74) is 1.80. The summed E-state index contributed by atoms with van der Waals surface area (Å²) in [7, 11) is 0. The number of rotatable bonds is 0. The topological polar surface area (TPSA) is 30.0 Å². The highest BCUT2D eigenvalue weighted by Gasteiger charge is 2.22. The molecule has 0 unspecified atom stereocenters. The van der Waals surface area contributed by atoms with Crippen molar-refractivity contribution in [2.75, 3.05) is 0 Å². The smallest absolute Gasteiger partial charge is 0.164 e. The second-order valence-electron chi connectivity index (χ2n) is 3.43. The molecule has 62 valence electrons. The normalized spacial score (nSPS) is 22.1. The summed E-state index contributed by atoms with van der Waals surface area (Å²) in [5.74, 6) is 0.705. The molecule has 0 amide bonds. The van der Waals surface area contributed by atoms with Crippen LogP contribution in [0, 0.1) is 5.92 Å². The molecule has 0 aliphatic heterocycles. The minimum atomic E-state index is 0.247. The zero-order valence-electron chi connectivity index (χ0n) is 7.08. The van der Waals surface area contributed by atoms with E-state index in [1.54, 1.807) is 6.20 Å². The summed E-state index contributed by atoms with van der Waals surface area (Å²) in [6.07, 6.45) is 3.38. The maximum Gasteiger partial charge on any atom is 0.164 e. The predicted octanol–water partition coefficient (Wildman–Crippen LogP) is 1.85. The van der Waals surface area contributed by atoms with Gasteiger partial charge in [-0.3, -0.25) is 9.78 Å². The maximum absolute atomic E-state index is 11.5. The fourth-order valence-electron chi connectivity index (χ4n) is 1.68. The van der Waals surface area contributed by atoms with Gasteiger partial charge in [-0.15, -0.1) is 0 Å². The molecular weight excluding hydrogens is 150 g/mol. The maximum atomic E-state index is 11.5. The summed E-state index contributed by atoms with van der Waals surface area (Å²) in [6, 6.07) is 3.70. The molecule has 1 heterocycles. The summed E-state index contributed by atoms with van der Waals surface area (Å²) in [6.45, 7) is 2.09. The van der Waals surface area contributed by atoms with E-state index in [-0.39, 0.29) is 5.78 Å². The summed E-state index contributed by atoms with van der Waals surface area (Å²) in [4.78, 5) is 15.7. The molecule has 12 heavy (non-hydrogen) atoms. The minimum Gasteiger partial charge on any atom is -0.294 e. The highest BCUT2D eigenvalue weighted by Crippen LogP contribution is 2.22. The molecule has 1 aliphatic carbocycles. The van der Waals surface area contributed by atoms with E-state index in [2.05, 4.69) is 11.9 Å². The van der Waals surface area contributed by atoms with Gasteiger partial charge in [-0.05, 0) is 24.5 Å². The monoisotopic (exact) mass is 161 g/mol. The molecular formula is C10H11NO. The molecule has 0 spiro atoms. The number of ketones is 1. The largest absolute Gasteiger partial charge is 0.294 e. The highest BCUT2D eigenvalue weighted by molar-refractivity contribution is 5.98. The third kappa shape index (κ3) is 1.13. The fraction of sp³-hybridized carbons (Fsp3) is 0.400. The molecule has 1 aromatic heterocycles. The van der Waals surface area contributed by atoms with Crippen LogP contribution in [0.2, 0.25) is 0 Å². The third-order valence-corrected chi connectivity index (χ3v) is 2.27. The van der Waals surface area contributed by atoms with Gasteiger partial charge in [0, 0.05) is 18.2 Å². The first-order chi connectivity index (χ1) is 5.77. The number of Topliss-reactive ketones (excluding diaryl/α,β-unsaturated/α-hetero) is 1. The Bertz CT molecular complexity index is 319. The second kappa shape index (κ2) is 2.70. The Morgan fingerprint density at radius 3 is 3.17 bits per heavy atom. The molecule has 0 saturated carbocycles. The van der Waals surface area contributed by atoms with Gasteiger partial charge in [-0.2, -0.15) is 0 Å². The first-order valence-electron chi connectivity index (χ1n) is 4.24. The lowest BCUT2D eigenvalue weighted by atomic mass is 9.87. The van der Waals surface area contributed by atoms with Crippen LogP contribution in [0.25, 0.3) is 0 Å². The van der Waals surface area contributed by atoms with Crippen molar-refractivity contribution in [2.24, 2.45) is 5.92 Å². The van der Waals surface area contributed by atoms with Crippen molar-refractivity contribution in [1.82, 2.24) is 4.98 Å². The first kappa shape index (κ1) is 7.47. The number of nitrogens with zero attached hydrogens (tertiary/aromatic N) is 1. The number of hydrogen-bond acceptors (Lipinski definition) is 2. The summed E-state index contributed by atoms with van der Waals surface area (Å²) in [5, 5.41) is 0. The Morgan fingerprint density at radius 2 is 2.33 bits per heavy atom. The number of fused-ring (bicyclic) bond motifs is 1. The molecule has 2 rings (SSSR count). The van der Waals surface area contributed by atoms with Gasteiger partial charge in [0.1, 0.15) is 0 Å².